The van der Waals surface area contributed by atoms with E-state index in [1.165, 1.54) is 12.7 Å². The number of benzene rings is 2. The number of carbonyl (C=O) groups excluding carboxylic acids is 1. The molecule has 2 aromatic carbocycles. The zero-order valence-corrected chi connectivity index (χ0v) is 16.6. The number of hydrogen-bond acceptors (Lipinski definition) is 6. The standard InChI is InChI=1S/C22H22N4O3/c1-14-6-4-5-7-19(14)16-8-10-17(11-9-16)22(27)26-13-18(25-28-3)12-20(26)21-23-15(2)24-29-21/h4-11,20H,12-13H2,1-3H3/t20-/m0/s1. The maximum absolute atomic E-state index is 13.2. The molecule has 1 saturated heterocycles. The van der Waals surface area contributed by atoms with Crippen LogP contribution in [0.1, 0.15) is 40.1 Å². The summed E-state index contributed by atoms with van der Waals surface area (Å²) in [7, 11) is 1.49. The summed E-state index contributed by atoms with van der Waals surface area (Å²) in [5.41, 5.74) is 4.78. The first-order valence-corrected chi connectivity index (χ1v) is 9.43. The highest BCUT2D eigenvalue weighted by molar-refractivity contribution is 6.00. The Labute approximate surface area is 169 Å². The lowest BCUT2D eigenvalue weighted by molar-refractivity contribution is 0.0713. The molecule has 3 aromatic rings. The van der Waals surface area contributed by atoms with Gasteiger partial charge in [-0.3, -0.25) is 4.79 Å². The largest absolute Gasteiger partial charge is 0.399 e. The van der Waals surface area contributed by atoms with Gasteiger partial charge in [0.05, 0.1) is 12.3 Å². The lowest BCUT2D eigenvalue weighted by atomic mass is 9.99. The van der Waals surface area contributed by atoms with Crippen LogP contribution in [0.15, 0.2) is 58.2 Å². The van der Waals surface area contributed by atoms with Crippen molar-refractivity contribution in [1.29, 1.82) is 0 Å². The minimum atomic E-state index is -0.353. The van der Waals surface area contributed by atoms with E-state index in [2.05, 4.69) is 34.4 Å². The summed E-state index contributed by atoms with van der Waals surface area (Å²) in [5.74, 6) is 0.837. The lowest BCUT2D eigenvalue weighted by Gasteiger charge is -2.21. The molecule has 1 atom stereocenters. The number of carbonyl (C=O) groups is 1. The Morgan fingerprint density at radius 2 is 1.93 bits per heavy atom. The van der Waals surface area contributed by atoms with Crippen LogP contribution in [-0.4, -0.2) is 40.3 Å². The van der Waals surface area contributed by atoms with Crippen LogP contribution >= 0.6 is 0 Å². The first-order valence-electron chi connectivity index (χ1n) is 9.43. The highest BCUT2D eigenvalue weighted by Crippen LogP contribution is 2.32. The first kappa shape index (κ1) is 18.9. The van der Waals surface area contributed by atoms with Crippen LogP contribution in [0.25, 0.3) is 11.1 Å². The molecule has 0 N–H and O–H groups in total. The van der Waals surface area contributed by atoms with E-state index in [0.29, 0.717) is 30.2 Å². The topological polar surface area (TPSA) is 80.8 Å². The summed E-state index contributed by atoms with van der Waals surface area (Å²) >= 11 is 0. The van der Waals surface area contributed by atoms with Crippen molar-refractivity contribution in [1.82, 2.24) is 15.0 Å². The van der Waals surface area contributed by atoms with Crippen molar-refractivity contribution in [3.63, 3.8) is 0 Å². The molecule has 1 aliphatic heterocycles. The second kappa shape index (κ2) is 7.87. The van der Waals surface area contributed by atoms with Gasteiger partial charge in [0.1, 0.15) is 13.2 Å². The quantitative estimate of drug-likeness (QED) is 0.630. The fourth-order valence-electron chi connectivity index (χ4n) is 3.64. The summed E-state index contributed by atoms with van der Waals surface area (Å²) in [5, 5.41) is 7.89. The molecule has 7 nitrogen and oxygen atoms in total. The van der Waals surface area contributed by atoms with Crippen molar-refractivity contribution in [3.8, 4) is 11.1 Å². The van der Waals surface area contributed by atoms with Crippen LogP contribution in [0.2, 0.25) is 0 Å². The van der Waals surface area contributed by atoms with Gasteiger partial charge in [0.15, 0.2) is 5.82 Å². The van der Waals surface area contributed by atoms with Crippen molar-refractivity contribution in [2.75, 3.05) is 13.7 Å². The van der Waals surface area contributed by atoms with Crippen molar-refractivity contribution in [2.45, 2.75) is 26.3 Å². The Hall–Kier alpha value is -3.48. The average molecular weight is 390 g/mol. The van der Waals surface area contributed by atoms with E-state index >= 15 is 0 Å². The molecule has 0 bridgehead atoms. The molecular formula is C22H22N4O3. The summed E-state index contributed by atoms with van der Waals surface area (Å²) in [6, 6.07) is 15.5. The van der Waals surface area contributed by atoms with Crippen molar-refractivity contribution in [2.24, 2.45) is 5.16 Å². The predicted octanol–water partition coefficient (Wildman–Crippen LogP) is 3.94. The zero-order valence-electron chi connectivity index (χ0n) is 16.6. The van der Waals surface area contributed by atoms with E-state index in [1.807, 2.05) is 36.4 Å². The lowest BCUT2D eigenvalue weighted by Crippen LogP contribution is -2.31. The number of nitrogens with zero attached hydrogens (tertiary/aromatic N) is 4. The molecule has 2 heterocycles. The smallest absolute Gasteiger partial charge is 0.254 e. The van der Waals surface area contributed by atoms with Crippen molar-refractivity contribution < 1.29 is 14.2 Å². The third-order valence-electron chi connectivity index (χ3n) is 5.06. The zero-order chi connectivity index (χ0) is 20.4. The average Bonchev–Trinajstić information content (AvgIpc) is 3.34. The van der Waals surface area contributed by atoms with Crippen molar-refractivity contribution >= 4 is 11.6 Å². The summed E-state index contributed by atoms with van der Waals surface area (Å²) in [4.78, 5) is 24.2. The molecule has 7 heteroatoms. The summed E-state index contributed by atoms with van der Waals surface area (Å²) < 4.78 is 5.33. The van der Waals surface area contributed by atoms with Crippen LogP contribution < -0.4 is 0 Å². The van der Waals surface area contributed by atoms with Gasteiger partial charge in [0, 0.05) is 12.0 Å². The molecule has 0 radical (unpaired) electrons. The van der Waals surface area contributed by atoms with Crippen LogP contribution in [-0.2, 0) is 4.84 Å². The van der Waals surface area contributed by atoms with Gasteiger partial charge < -0.3 is 14.3 Å². The number of oxime groups is 1. The van der Waals surface area contributed by atoms with E-state index in [9.17, 15) is 4.79 Å². The molecule has 0 spiro atoms. The minimum Gasteiger partial charge on any atom is -0.399 e. The number of aryl methyl sites for hydroxylation is 2. The monoisotopic (exact) mass is 390 g/mol. The number of likely N-dealkylation sites (tertiary alicyclic amines) is 1. The summed E-state index contributed by atoms with van der Waals surface area (Å²) in [6.45, 7) is 4.19. The Kier molecular flexibility index (Phi) is 5.12. The fourth-order valence-corrected chi connectivity index (χ4v) is 3.64. The highest BCUT2D eigenvalue weighted by Gasteiger charge is 2.38. The van der Waals surface area contributed by atoms with Gasteiger partial charge in [0.2, 0.25) is 5.89 Å². The van der Waals surface area contributed by atoms with Gasteiger partial charge >= 0.3 is 0 Å². The third-order valence-corrected chi connectivity index (χ3v) is 5.06. The van der Waals surface area contributed by atoms with Crippen LogP contribution in [0.3, 0.4) is 0 Å². The number of aromatic nitrogens is 2. The van der Waals surface area contributed by atoms with E-state index < -0.39 is 0 Å². The Balaban J connectivity index is 1.61. The van der Waals surface area contributed by atoms with E-state index in [-0.39, 0.29) is 11.9 Å². The van der Waals surface area contributed by atoms with E-state index in [1.54, 1.807) is 11.8 Å². The molecule has 1 amide bonds. The van der Waals surface area contributed by atoms with E-state index in [4.69, 9.17) is 9.36 Å². The second-order valence-corrected chi connectivity index (χ2v) is 7.07. The molecule has 1 aliphatic rings. The van der Waals surface area contributed by atoms with Crippen LogP contribution in [0, 0.1) is 13.8 Å². The van der Waals surface area contributed by atoms with Gasteiger partial charge in [-0.1, -0.05) is 46.7 Å². The van der Waals surface area contributed by atoms with Gasteiger partial charge in [-0.05, 0) is 42.7 Å². The van der Waals surface area contributed by atoms with Crippen LogP contribution in [0.4, 0.5) is 0 Å². The molecule has 29 heavy (non-hydrogen) atoms. The Morgan fingerprint density at radius 3 is 2.59 bits per heavy atom. The number of rotatable bonds is 4. The first-order chi connectivity index (χ1) is 14.1. The minimum absolute atomic E-state index is 0.108. The molecule has 0 aliphatic carbocycles. The molecule has 4 rings (SSSR count). The highest BCUT2D eigenvalue weighted by atomic mass is 16.6. The molecule has 0 unspecified atom stereocenters. The SMILES string of the molecule is CON=C1C[C@@H](c2nc(C)no2)N(C(=O)c2ccc(-c3ccccc3C)cc2)C1. The van der Waals surface area contributed by atoms with Gasteiger partial charge in [-0.2, -0.15) is 4.98 Å². The summed E-state index contributed by atoms with van der Waals surface area (Å²) in [6.07, 6.45) is 0.502. The second-order valence-electron chi connectivity index (χ2n) is 7.07. The maximum Gasteiger partial charge on any atom is 0.254 e. The molecule has 148 valence electrons. The maximum atomic E-state index is 13.2. The number of hydrogen-bond donors (Lipinski definition) is 0. The molecule has 0 saturated carbocycles. The van der Waals surface area contributed by atoms with E-state index in [0.717, 1.165) is 16.8 Å². The molecular weight excluding hydrogens is 368 g/mol. The molecule has 1 aromatic heterocycles. The van der Waals surface area contributed by atoms with Crippen LogP contribution in [0.5, 0.6) is 0 Å². The van der Waals surface area contributed by atoms with Gasteiger partial charge in [-0.15, -0.1) is 0 Å². The Bertz CT molecular complexity index is 1060. The van der Waals surface area contributed by atoms with Gasteiger partial charge in [0.25, 0.3) is 5.91 Å². The Morgan fingerprint density at radius 1 is 1.17 bits per heavy atom. The third kappa shape index (κ3) is 3.76. The molecule has 1 fully saturated rings. The number of amides is 1. The normalized spacial score (nSPS) is 17.7. The van der Waals surface area contributed by atoms with Crippen molar-refractivity contribution in [3.05, 3.63) is 71.4 Å². The predicted molar refractivity (Wildman–Crippen MR) is 108 cm³/mol. The fraction of sp³-hybridized carbons (Fsp3) is 0.273. The van der Waals surface area contributed by atoms with Gasteiger partial charge in [-0.25, -0.2) is 0 Å².